The standard InChI is InChI=1S/C12H22N2O/c1-10(2)4-5-12(15)13-11-6-8-14(3)9-7-11/h4-5,10-11H,6-9H2,1-3H3,(H,13,15)/b5-4-. The molecular weight excluding hydrogens is 188 g/mol. The molecule has 0 aliphatic carbocycles. The van der Waals surface area contributed by atoms with Gasteiger partial charge in [-0.2, -0.15) is 0 Å². The van der Waals surface area contributed by atoms with Crippen LogP contribution in [0.15, 0.2) is 12.2 Å². The van der Waals surface area contributed by atoms with Crippen molar-refractivity contribution in [3.05, 3.63) is 12.2 Å². The highest BCUT2D eigenvalue weighted by Gasteiger charge is 2.17. The average molecular weight is 210 g/mol. The molecule has 0 unspecified atom stereocenters. The Kier molecular flexibility index (Phi) is 4.82. The van der Waals surface area contributed by atoms with Crippen molar-refractivity contribution >= 4 is 5.91 Å². The van der Waals surface area contributed by atoms with Gasteiger partial charge in [-0.15, -0.1) is 0 Å². The van der Waals surface area contributed by atoms with Gasteiger partial charge in [0.05, 0.1) is 0 Å². The molecule has 0 bridgehead atoms. The molecule has 1 N–H and O–H groups in total. The van der Waals surface area contributed by atoms with Gasteiger partial charge in [-0.3, -0.25) is 4.79 Å². The molecule has 0 atom stereocenters. The van der Waals surface area contributed by atoms with Gasteiger partial charge in [0.1, 0.15) is 0 Å². The fraction of sp³-hybridized carbons (Fsp3) is 0.750. The first kappa shape index (κ1) is 12.2. The summed E-state index contributed by atoms with van der Waals surface area (Å²) in [6.07, 6.45) is 5.72. The van der Waals surface area contributed by atoms with E-state index in [2.05, 4.69) is 31.1 Å². The van der Waals surface area contributed by atoms with Gasteiger partial charge in [0.25, 0.3) is 0 Å². The Balaban J connectivity index is 2.26. The maximum atomic E-state index is 11.5. The molecule has 0 spiro atoms. The SMILES string of the molecule is CC(C)/C=C\C(=O)NC1CCN(C)CC1. The Bertz CT molecular complexity index is 228. The molecule has 15 heavy (non-hydrogen) atoms. The van der Waals surface area contributed by atoms with Crippen LogP contribution in [0.1, 0.15) is 26.7 Å². The van der Waals surface area contributed by atoms with Crippen LogP contribution in [-0.2, 0) is 4.79 Å². The lowest BCUT2D eigenvalue weighted by atomic mass is 10.1. The summed E-state index contributed by atoms with van der Waals surface area (Å²) in [5.41, 5.74) is 0. The highest BCUT2D eigenvalue weighted by molar-refractivity contribution is 5.87. The van der Waals surface area contributed by atoms with Crippen molar-refractivity contribution < 1.29 is 4.79 Å². The van der Waals surface area contributed by atoms with Crippen molar-refractivity contribution in [3.63, 3.8) is 0 Å². The van der Waals surface area contributed by atoms with Gasteiger partial charge in [0, 0.05) is 6.04 Å². The van der Waals surface area contributed by atoms with E-state index in [0.29, 0.717) is 12.0 Å². The van der Waals surface area contributed by atoms with Crippen LogP contribution in [0.4, 0.5) is 0 Å². The second kappa shape index (κ2) is 5.91. The molecule has 1 aliphatic heterocycles. The minimum atomic E-state index is 0.0539. The van der Waals surface area contributed by atoms with Crippen LogP contribution in [0.2, 0.25) is 0 Å². The normalized spacial score (nSPS) is 20.0. The van der Waals surface area contributed by atoms with Crippen LogP contribution in [0, 0.1) is 5.92 Å². The molecule has 1 aliphatic rings. The average Bonchev–Trinajstić information content (AvgIpc) is 2.19. The summed E-state index contributed by atoms with van der Waals surface area (Å²) >= 11 is 0. The van der Waals surface area contributed by atoms with Gasteiger partial charge in [0.15, 0.2) is 0 Å². The number of rotatable bonds is 3. The second-order valence-corrected chi connectivity index (χ2v) is 4.69. The lowest BCUT2D eigenvalue weighted by Gasteiger charge is -2.29. The number of hydrogen-bond acceptors (Lipinski definition) is 2. The van der Waals surface area contributed by atoms with E-state index < -0.39 is 0 Å². The van der Waals surface area contributed by atoms with E-state index in [0.717, 1.165) is 25.9 Å². The summed E-state index contributed by atoms with van der Waals surface area (Å²) in [5.74, 6) is 0.492. The Labute approximate surface area is 92.5 Å². The monoisotopic (exact) mass is 210 g/mol. The van der Waals surface area contributed by atoms with Crippen molar-refractivity contribution in [2.45, 2.75) is 32.7 Å². The van der Waals surface area contributed by atoms with E-state index in [9.17, 15) is 4.79 Å². The second-order valence-electron chi connectivity index (χ2n) is 4.69. The number of amides is 1. The largest absolute Gasteiger partial charge is 0.350 e. The molecule has 1 fully saturated rings. The third-order valence-electron chi connectivity index (χ3n) is 2.70. The zero-order valence-corrected chi connectivity index (χ0v) is 9.99. The number of carbonyl (C=O) groups is 1. The Hall–Kier alpha value is -0.830. The van der Waals surface area contributed by atoms with E-state index in [-0.39, 0.29) is 5.91 Å². The Morgan fingerprint density at radius 2 is 2.00 bits per heavy atom. The maximum absolute atomic E-state index is 11.5. The number of likely N-dealkylation sites (tertiary alicyclic amines) is 1. The first-order valence-electron chi connectivity index (χ1n) is 5.75. The highest BCUT2D eigenvalue weighted by atomic mass is 16.1. The predicted octanol–water partition coefficient (Wildman–Crippen LogP) is 1.41. The number of piperidine rings is 1. The van der Waals surface area contributed by atoms with E-state index >= 15 is 0 Å². The summed E-state index contributed by atoms with van der Waals surface area (Å²) in [7, 11) is 2.12. The smallest absolute Gasteiger partial charge is 0.243 e. The molecule has 86 valence electrons. The van der Waals surface area contributed by atoms with E-state index in [1.165, 1.54) is 0 Å². The number of allylic oxidation sites excluding steroid dienone is 1. The van der Waals surface area contributed by atoms with Crippen LogP contribution >= 0.6 is 0 Å². The molecule has 3 heteroatoms. The van der Waals surface area contributed by atoms with Crippen LogP contribution in [0.3, 0.4) is 0 Å². The van der Waals surface area contributed by atoms with Crippen LogP contribution in [0.25, 0.3) is 0 Å². The van der Waals surface area contributed by atoms with Crippen molar-refractivity contribution in [2.75, 3.05) is 20.1 Å². The zero-order chi connectivity index (χ0) is 11.3. The predicted molar refractivity (Wildman–Crippen MR) is 62.6 cm³/mol. The zero-order valence-electron chi connectivity index (χ0n) is 9.99. The molecule has 0 radical (unpaired) electrons. The van der Waals surface area contributed by atoms with Crippen LogP contribution in [0.5, 0.6) is 0 Å². The third kappa shape index (κ3) is 4.98. The molecular formula is C12H22N2O. The van der Waals surface area contributed by atoms with Crippen LogP contribution < -0.4 is 5.32 Å². The minimum absolute atomic E-state index is 0.0539. The quantitative estimate of drug-likeness (QED) is 0.714. The summed E-state index contributed by atoms with van der Waals surface area (Å²) in [6, 6.07) is 0.366. The summed E-state index contributed by atoms with van der Waals surface area (Å²) in [4.78, 5) is 13.8. The first-order chi connectivity index (χ1) is 7.08. The first-order valence-corrected chi connectivity index (χ1v) is 5.75. The fourth-order valence-corrected chi connectivity index (χ4v) is 1.68. The number of nitrogens with zero attached hydrogens (tertiary/aromatic N) is 1. The van der Waals surface area contributed by atoms with Gasteiger partial charge in [-0.25, -0.2) is 0 Å². The molecule has 0 aromatic heterocycles. The van der Waals surface area contributed by atoms with Gasteiger partial charge in [-0.05, 0) is 45.0 Å². The summed E-state index contributed by atoms with van der Waals surface area (Å²) in [6.45, 7) is 6.30. The molecule has 1 saturated heterocycles. The van der Waals surface area contributed by atoms with E-state index in [4.69, 9.17) is 0 Å². The van der Waals surface area contributed by atoms with Crippen molar-refractivity contribution in [3.8, 4) is 0 Å². The maximum Gasteiger partial charge on any atom is 0.243 e. The van der Waals surface area contributed by atoms with Gasteiger partial charge in [-0.1, -0.05) is 19.9 Å². The van der Waals surface area contributed by atoms with Gasteiger partial charge < -0.3 is 10.2 Å². The van der Waals surface area contributed by atoms with E-state index in [1.807, 2.05) is 6.08 Å². The van der Waals surface area contributed by atoms with Crippen molar-refractivity contribution in [1.29, 1.82) is 0 Å². The topological polar surface area (TPSA) is 32.3 Å². The van der Waals surface area contributed by atoms with Gasteiger partial charge in [0.2, 0.25) is 5.91 Å². The molecule has 1 amide bonds. The molecule has 1 rings (SSSR count). The van der Waals surface area contributed by atoms with Crippen molar-refractivity contribution in [2.24, 2.45) is 5.92 Å². The molecule has 3 nitrogen and oxygen atoms in total. The summed E-state index contributed by atoms with van der Waals surface area (Å²) < 4.78 is 0. The third-order valence-corrected chi connectivity index (χ3v) is 2.70. The molecule has 0 aromatic rings. The fourth-order valence-electron chi connectivity index (χ4n) is 1.68. The summed E-state index contributed by atoms with van der Waals surface area (Å²) in [5, 5.41) is 3.04. The number of hydrogen-bond donors (Lipinski definition) is 1. The van der Waals surface area contributed by atoms with Crippen LogP contribution in [-0.4, -0.2) is 37.0 Å². The lowest BCUT2D eigenvalue weighted by molar-refractivity contribution is -0.117. The highest BCUT2D eigenvalue weighted by Crippen LogP contribution is 2.07. The Morgan fingerprint density at radius 1 is 1.40 bits per heavy atom. The van der Waals surface area contributed by atoms with Gasteiger partial charge >= 0.3 is 0 Å². The van der Waals surface area contributed by atoms with Crippen molar-refractivity contribution in [1.82, 2.24) is 10.2 Å². The molecule has 1 heterocycles. The number of nitrogens with one attached hydrogen (secondary N) is 1. The minimum Gasteiger partial charge on any atom is -0.350 e. The lowest BCUT2D eigenvalue weighted by Crippen LogP contribution is -2.42. The Morgan fingerprint density at radius 3 is 2.53 bits per heavy atom. The number of carbonyl (C=O) groups excluding carboxylic acids is 1. The van der Waals surface area contributed by atoms with E-state index in [1.54, 1.807) is 6.08 Å². The molecule has 0 aromatic carbocycles. The molecule has 0 saturated carbocycles.